The van der Waals surface area contributed by atoms with Crippen LogP contribution in [0.2, 0.25) is 0 Å². The van der Waals surface area contributed by atoms with E-state index in [1.807, 2.05) is 26.0 Å². The molecule has 182 valence electrons. The topological polar surface area (TPSA) is 122 Å². The molecule has 1 fully saturated rings. The van der Waals surface area contributed by atoms with Gasteiger partial charge in [-0.05, 0) is 69.0 Å². The van der Waals surface area contributed by atoms with Crippen LogP contribution < -0.4 is 15.5 Å². The van der Waals surface area contributed by atoms with E-state index in [-0.39, 0.29) is 22.7 Å². The van der Waals surface area contributed by atoms with E-state index in [2.05, 4.69) is 10.6 Å². The van der Waals surface area contributed by atoms with E-state index in [9.17, 15) is 24.0 Å². The Morgan fingerprint density at radius 1 is 0.971 bits per heavy atom. The van der Waals surface area contributed by atoms with Crippen LogP contribution in [-0.4, -0.2) is 41.9 Å². The van der Waals surface area contributed by atoms with Crippen molar-refractivity contribution in [3.63, 3.8) is 0 Å². The van der Waals surface area contributed by atoms with Gasteiger partial charge in [0.2, 0.25) is 0 Å². The van der Waals surface area contributed by atoms with Crippen LogP contribution >= 0.6 is 0 Å². The Morgan fingerprint density at radius 3 is 2.37 bits per heavy atom. The number of fused-ring (bicyclic) bond motifs is 1. The fraction of sp³-hybridized carbons (Fsp3) is 0.346. The maximum absolute atomic E-state index is 13.1. The van der Waals surface area contributed by atoms with Gasteiger partial charge in [0.1, 0.15) is 0 Å². The lowest BCUT2D eigenvalue weighted by Gasteiger charge is -2.17. The van der Waals surface area contributed by atoms with Crippen molar-refractivity contribution < 1.29 is 28.7 Å². The minimum absolute atomic E-state index is 0.0165. The Labute approximate surface area is 202 Å². The summed E-state index contributed by atoms with van der Waals surface area (Å²) in [7, 11) is 0. The molecule has 0 radical (unpaired) electrons. The number of anilines is 1. The van der Waals surface area contributed by atoms with Crippen LogP contribution in [0.15, 0.2) is 36.4 Å². The Bertz CT molecular complexity index is 1230. The van der Waals surface area contributed by atoms with Crippen LogP contribution in [0.4, 0.5) is 10.5 Å². The Balaban J connectivity index is 1.43. The molecule has 0 saturated heterocycles. The highest BCUT2D eigenvalue weighted by Crippen LogP contribution is 2.32. The van der Waals surface area contributed by atoms with E-state index in [1.165, 1.54) is 25.1 Å². The summed E-state index contributed by atoms with van der Waals surface area (Å²) in [4.78, 5) is 64.1. The lowest BCUT2D eigenvalue weighted by molar-refractivity contribution is -0.127. The molecule has 1 aliphatic carbocycles. The summed E-state index contributed by atoms with van der Waals surface area (Å²) >= 11 is 0. The standard InChI is InChI=1S/C26H27N3O6/c1-14-8-9-15(2)21(12-14)29-23(31)19-11-10-17(13-20(19)24(29)32)25(33)35-16(3)22(30)28-26(34)27-18-6-4-5-7-18/h8-13,16,18H,4-7H2,1-3H3,(H2,27,28,30,34). The van der Waals surface area contributed by atoms with Gasteiger partial charge in [-0.15, -0.1) is 0 Å². The first kappa shape index (κ1) is 24.1. The van der Waals surface area contributed by atoms with Gasteiger partial charge in [0, 0.05) is 6.04 Å². The monoisotopic (exact) mass is 477 g/mol. The van der Waals surface area contributed by atoms with Gasteiger partial charge >= 0.3 is 12.0 Å². The largest absolute Gasteiger partial charge is 0.449 e. The zero-order valence-electron chi connectivity index (χ0n) is 19.8. The first-order valence-corrected chi connectivity index (χ1v) is 11.6. The number of ether oxygens (including phenoxy) is 1. The van der Waals surface area contributed by atoms with Crippen molar-refractivity contribution in [2.24, 2.45) is 0 Å². The van der Waals surface area contributed by atoms with Gasteiger partial charge < -0.3 is 10.1 Å². The van der Waals surface area contributed by atoms with Crippen LogP contribution in [0, 0.1) is 13.8 Å². The molecule has 1 saturated carbocycles. The van der Waals surface area contributed by atoms with Gasteiger partial charge in [0.05, 0.1) is 22.4 Å². The fourth-order valence-corrected chi connectivity index (χ4v) is 4.33. The minimum Gasteiger partial charge on any atom is -0.449 e. The molecule has 2 aromatic rings. The molecule has 1 heterocycles. The molecule has 9 nitrogen and oxygen atoms in total. The van der Waals surface area contributed by atoms with Gasteiger partial charge in [-0.1, -0.05) is 25.0 Å². The van der Waals surface area contributed by atoms with Crippen LogP contribution in [0.1, 0.15) is 74.8 Å². The number of carbonyl (C=O) groups excluding carboxylic acids is 5. The summed E-state index contributed by atoms with van der Waals surface area (Å²) in [6.45, 7) is 5.02. The molecule has 5 amide bonds. The second-order valence-electron chi connectivity index (χ2n) is 8.99. The first-order valence-electron chi connectivity index (χ1n) is 11.6. The normalized spacial score (nSPS) is 16.1. The Kier molecular flexibility index (Phi) is 6.68. The maximum atomic E-state index is 13.1. The van der Waals surface area contributed by atoms with E-state index in [0.29, 0.717) is 5.69 Å². The third-order valence-corrected chi connectivity index (χ3v) is 6.31. The van der Waals surface area contributed by atoms with Crippen molar-refractivity contribution >= 4 is 35.4 Å². The number of amides is 5. The third kappa shape index (κ3) is 4.94. The van der Waals surface area contributed by atoms with Gasteiger partial charge in [0.25, 0.3) is 17.7 Å². The number of hydrogen-bond acceptors (Lipinski definition) is 6. The zero-order valence-corrected chi connectivity index (χ0v) is 19.8. The summed E-state index contributed by atoms with van der Waals surface area (Å²) < 4.78 is 5.20. The summed E-state index contributed by atoms with van der Waals surface area (Å²) in [5.41, 5.74) is 2.43. The molecule has 1 atom stereocenters. The summed E-state index contributed by atoms with van der Waals surface area (Å²) in [6.07, 6.45) is 2.56. The van der Waals surface area contributed by atoms with Gasteiger partial charge in [-0.2, -0.15) is 0 Å². The van der Waals surface area contributed by atoms with Crippen molar-refractivity contribution in [3.8, 4) is 0 Å². The van der Waals surface area contributed by atoms with Crippen LogP contribution in [0.25, 0.3) is 0 Å². The smallest absolute Gasteiger partial charge is 0.338 e. The number of hydrogen-bond donors (Lipinski definition) is 2. The number of esters is 1. The number of imide groups is 2. The lowest BCUT2D eigenvalue weighted by Crippen LogP contribution is -2.47. The molecule has 0 spiro atoms. The van der Waals surface area contributed by atoms with Crippen LogP contribution in [-0.2, 0) is 9.53 Å². The summed E-state index contributed by atoms with van der Waals surface area (Å²) in [6, 6.07) is 8.95. The number of rotatable bonds is 5. The molecule has 0 aromatic heterocycles. The molecule has 0 bridgehead atoms. The van der Waals surface area contributed by atoms with E-state index in [0.717, 1.165) is 41.7 Å². The van der Waals surface area contributed by atoms with Gasteiger partial charge in [-0.3, -0.25) is 19.7 Å². The predicted octanol–water partition coefficient (Wildman–Crippen LogP) is 3.42. The molecule has 2 N–H and O–H groups in total. The average molecular weight is 478 g/mol. The molecular formula is C26H27N3O6. The van der Waals surface area contributed by atoms with Gasteiger partial charge in [0.15, 0.2) is 6.10 Å². The number of nitrogens with one attached hydrogen (secondary N) is 2. The quantitative estimate of drug-likeness (QED) is 0.503. The number of benzene rings is 2. The van der Waals surface area contributed by atoms with E-state index in [1.54, 1.807) is 6.07 Å². The highest BCUT2D eigenvalue weighted by atomic mass is 16.5. The van der Waals surface area contributed by atoms with Crippen molar-refractivity contribution in [1.82, 2.24) is 10.6 Å². The maximum Gasteiger partial charge on any atom is 0.338 e. The Hall–Kier alpha value is -4.01. The van der Waals surface area contributed by atoms with Crippen LogP contribution in [0.3, 0.4) is 0 Å². The molecule has 4 rings (SSSR count). The highest BCUT2D eigenvalue weighted by Gasteiger charge is 2.38. The SMILES string of the molecule is Cc1ccc(C)c(N2C(=O)c3ccc(C(=O)OC(C)C(=O)NC(=O)NC4CCCC4)cc3C2=O)c1. The van der Waals surface area contributed by atoms with Crippen LogP contribution in [0.5, 0.6) is 0 Å². The molecule has 35 heavy (non-hydrogen) atoms. The molecule has 1 unspecified atom stereocenters. The van der Waals surface area contributed by atoms with Crippen molar-refractivity contribution in [2.45, 2.75) is 58.6 Å². The predicted molar refractivity (Wildman–Crippen MR) is 127 cm³/mol. The number of carbonyl (C=O) groups is 5. The van der Waals surface area contributed by atoms with Gasteiger partial charge in [-0.25, -0.2) is 14.5 Å². The second kappa shape index (κ2) is 9.69. The number of nitrogens with zero attached hydrogens (tertiary/aromatic N) is 1. The highest BCUT2D eigenvalue weighted by molar-refractivity contribution is 6.35. The number of aryl methyl sites for hydroxylation is 2. The minimum atomic E-state index is -1.24. The second-order valence-corrected chi connectivity index (χ2v) is 8.99. The summed E-state index contributed by atoms with van der Waals surface area (Å²) in [5.74, 6) is -2.62. The molecule has 2 aromatic carbocycles. The van der Waals surface area contributed by atoms with Crippen molar-refractivity contribution in [1.29, 1.82) is 0 Å². The zero-order chi connectivity index (χ0) is 25.3. The molecule has 2 aliphatic rings. The Morgan fingerprint density at radius 2 is 1.66 bits per heavy atom. The molecule has 1 aliphatic heterocycles. The number of urea groups is 1. The van der Waals surface area contributed by atoms with E-state index >= 15 is 0 Å². The first-order chi connectivity index (χ1) is 16.7. The average Bonchev–Trinajstić information content (AvgIpc) is 3.41. The molecule has 9 heteroatoms. The van der Waals surface area contributed by atoms with Crippen molar-refractivity contribution in [3.05, 3.63) is 64.2 Å². The van der Waals surface area contributed by atoms with E-state index in [4.69, 9.17) is 4.74 Å². The summed E-state index contributed by atoms with van der Waals surface area (Å²) in [5, 5.41) is 4.91. The molecular weight excluding hydrogens is 450 g/mol. The third-order valence-electron chi connectivity index (χ3n) is 6.31. The van der Waals surface area contributed by atoms with Crippen molar-refractivity contribution in [2.75, 3.05) is 4.90 Å². The fourth-order valence-electron chi connectivity index (χ4n) is 4.33. The lowest BCUT2D eigenvalue weighted by atomic mass is 10.1. The van der Waals surface area contributed by atoms with E-state index < -0.39 is 35.8 Å².